The first-order valence-corrected chi connectivity index (χ1v) is 8.04. The van der Waals surface area contributed by atoms with Crippen molar-refractivity contribution in [3.05, 3.63) is 59.4 Å². The molecule has 2 rings (SSSR count). The highest BCUT2D eigenvalue weighted by Crippen LogP contribution is 2.35. The second-order valence-corrected chi connectivity index (χ2v) is 5.52. The summed E-state index contributed by atoms with van der Waals surface area (Å²) in [7, 11) is 2.64. The summed E-state index contributed by atoms with van der Waals surface area (Å²) in [4.78, 5) is 26.6. The molecule has 0 bridgehead atoms. The summed E-state index contributed by atoms with van der Waals surface area (Å²) in [5.74, 6) is -1.39. The van der Waals surface area contributed by atoms with Crippen molar-refractivity contribution < 1.29 is 19.1 Å². The second kappa shape index (κ2) is 8.34. The number of ether oxygens (including phenoxy) is 2. The van der Waals surface area contributed by atoms with Gasteiger partial charge in [0.1, 0.15) is 5.70 Å². The molecule has 1 unspecified atom stereocenters. The van der Waals surface area contributed by atoms with Gasteiger partial charge in [-0.05, 0) is 12.0 Å². The van der Waals surface area contributed by atoms with Gasteiger partial charge in [0.25, 0.3) is 0 Å². The Morgan fingerprint density at radius 3 is 2.33 bits per heavy atom. The Kier molecular flexibility index (Phi) is 6.18. The number of benzene rings is 1. The molecule has 0 amide bonds. The topological polar surface area (TPSA) is 55.8 Å². The van der Waals surface area contributed by atoms with Crippen molar-refractivity contribution in [1.82, 2.24) is 4.90 Å². The van der Waals surface area contributed by atoms with Crippen LogP contribution >= 0.6 is 0 Å². The van der Waals surface area contributed by atoms with Gasteiger partial charge in [0.05, 0.1) is 19.8 Å². The minimum Gasteiger partial charge on any atom is -0.466 e. The van der Waals surface area contributed by atoms with E-state index in [0.717, 1.165) is 18.4 Å². The maximum atomic E-state index is 12.5. The summed E-state index contributed by atoms with van der Waals surface area (Å²) in [6, 6.07) is 9.56. The van der Waals surface area contributed by atoms with E-state index in [4.69, 9.17) is 9.47 Å². The fourth-order valence-corrected chi connectivity index (χ4v) is 2.77. The molecule has 1 heterocycles. The van der Waals surface area contributed by atoms with Gasteiger partial charge in [0.2, 0.25) is 0 Å². The SMILES string of the molecule is CCCCN1C=CC(c2ccccc2)C(C(=O)OC)=C1C(=O)OC. The Morgan fingerprint density at radius 2 is 1.75 bits per heavy atom. The van der Waals surface area contributed by atoms with Crippen LogP contribution in [-0.4, -0.2) is 37.6 Å². The highest BCUT2D eigenvalue weighted by atomic mass is 16.5. The van der Waals surface area contributed by atoms with Crippen LogP contribution < -0.4 is 0 Å². The lowest BCUT2D eigenvalue weighted by Gasteiger charge is -2.31. The van der Waals surface area contributed by atoms with Crippen LogP contribution in [0, 0.1) is 0 Å². The lowest BCUT2D eigenvalue weighted by molar-refractivity contribution is -0.140. The van der Waals surface area contributed by atoms with Crippen molar-refractivity contribution in [3.63, 3.8) is 0 Å². The van der Waals surface area contributed by atoms with E-state index >= 15 is 0 Å². The number of esters is 2. The Balaban J connectivity index is 2.55. The molecular formula is C19H23NO4. The van der Waals surface area contributed by atoms with E-state index in [1.807, 2.05) is 42.6 Å². The van der Waals surface area contributed by atoms with E-state index in [1.165, 1.54) is 14.2 Å². The third kappa shape index (κ3) is 3.67. The first kappa shape index (κ1) is 17.8. The van der Waals surface area contributed by atoms with Crippen LogP contribution in [0.1, 0.15) is 31.2 Å². The molecule has 0 aromatic heterocycles. The van der Waals surface area contributed by atoms with Gasteiger partial charge >= 0.3 is 11.9 Å². The molecule has 0 spiro atoms. The maximum absolute atomic E-state index is 12.5. The first-order chi connectivity index (χ1) is 11.6. The molecule has 5 heteroatoms. The molecule has 1 aromatic carbocycles. The van der Waals surface area contributed by atoms with Gasteiger partial charge in [-0.3, -0.25) is 0 Å². The molecule has 5 nitrogen and oxygen atoms in total. The predicted octanol–water partition coefficient (Wildman–Crippen LogP) is 3.00. The highest BCUT2D eigenvalue weighted by Gasteiger charge is 2.34. The van der Waals surface area contributed by atoms with Crippen molar-refractivity contribution in [3.8, 4) is 0 Å². The van der Waals surface area contributed by atoms with Crippen LogP contribution in [0.3, 0.4) is 0 Å². The zero-order valence-corrected chi connectivity index (χ0v) is 14.3. The number of hydrogen-bond donors (Lipinski definition) is 0. The second-order valence-electron chi connectivity index (χ2n) is 5.52. The van der Waals surface area contributed by atoms with Crippen LogP contribution in [0.4, 0.5) is 0 Å². The van der Waals surface area contributed by atoms with E-state index in [2.05, 4.69) is 6.92 Å². The van der Waals surface area contributed by atoms with E-state index in [1.54, 1.807) is 4.90 Å². The standard InChI is InChI=1S/C19H23NO4/c1-4-5-12-20-13-11-15(14-9-7-6-8-10-14)16(18(21)23-2)17(20)19(22)24-3/h6-11,13,15H,4-5,12H2,1-3H3. The van der Waals surface area contributed by atoms with Gasteiger partial charge in [-0.15, -0.1) is 0 Å². The average molecular weight is 329 g/mol. The van der Waals surface area contributed by atoms with Crippen molar-refractivity contribution in [2.75, 3.05) is 20.8 Å². The van der Waals surface area contributed by atoms with Gasteiger partial charge in [-0.25, -0.2) is 9.59 Å². The summed E-state index contributed by atoms with van der Waals surface area (Å²) in [6.45, 7) is 2.71. The smallest absolute Gasteiger partial charge is 0.355 e. The molecule has 128 valence electrons. The molecule has 0 fully saturated rings. The normalized spacial score (nSPS) is 17.0. The fourth-order valence-electron chi connectivity index (χ4n) is 2.77. The van der Waals surface area contributed by atoms with E-state index in [0.29, 0.717) is 12.1 Å². The van der Waals surface area contributed by atoms with E-state index in [9.17, 15) is 9.59 Å². The van der Waals surface area contributed by atoms with Gasteiger partial charge < -0.3 is 14.4 Å². The molecule has 0 aliphatic carbocycles. The molecule has 0 saturated heterocycles. The monoisotopic (exact) mass is 329 g/mol. The van der Waals surface area contributed by atoms with E-state index in [-0.39, 0.29) is 11.6 Å². The summed E-state index contributed by atoms with van der Waals surface area (Å²) < 4.78 is 9.88. The van der Waals surface area contributed by atoms with Crippen molar-refractivity contribution in [1.29, 1.82) is 0 Å². The Bertz CT molecular complexity index is 649. The Morgan fingerprint density at radius 1 is 1.08 bits per heavy atom. The molecular weight excluding hydrogens is 306 g/mol. The molecule has 24 heavy (non-hydrogen) atoms. The summed E-state index contributed by atoms with van der Waals surface area (Å²) in [5, 5.41) is 0. The fraction of sp³-hybridized carbons (Fsp3) is 0.368. The Hall–Kier alpha value is -2.56. The Labute approximate surface area is 142 Å². The number of nitrogens with zero attached hydrogens (tertiary/aromatic N) is 1. The van der Waals surface area contributed by atoms with E-state index < -0.39 is 11.9 Å². The zero-order valence-electron chi connectivity index (χ0n) is 14.3. The zero-order chi connectivity index (χ0) is 17.5. The number of hydrogen-bond acceptors (Lipinski definition) is 5. The van der Waals surface area contributed by atoms with Crippen molar-refractivity contribution >= 4 is 11.9 Å². The largest absolute Gasteiger partial charge is 0.466 e. The number of allylic oxidation sites excluding steroid dienone is 1. The number of methoxy groups -OCH3 is 2. The van der Waals surface area contributed by atoms with Gasteiger partial charge in [0, 0.05) is 18.7 Å². The molecule has 1 aromatic rings. The van der Waals surface area contributed by atoms with Gasteiger partial charge in [-0.1, -0.05) is 49.8 Å². The lowest BCUT2D eigenvalue weighted by Crippen LogP contribution is -2.33. The van der Waals surface area contributed by atoms with Gasteiger partial charge in [-0.2, -0.15) is 0 Å². The minimum atomic E-state index is -0.531. The molecule has 0 saturated carbocycles. The quantitative estimate of drug-likeness (QED) is 0.751. The van der Waals surface area contributed by atoms with Crippen molar-refractivity contribution in [2.24, 2.45) is 0 Å². The van der Waals surface area contributed by atoms with Crippen molar-refractivity contribution in [2.45, 2.75) is 25.7 Å². The summed E-state index contributed by atoms with van der Waals surface area (Å²) in [5.41, 5.74) is 1.49. The minimum absolute atomic E-state index is 0.258. The number of carbonyl (C=O) groups is 2. The van der Waals surface area contributed by atoms with Crippen LogP contribution in [-0.2, 0) is 19.1 Å². The average Bonchev–Trinajstić information content (AvgIpc) is 2.64. The predicted molar refractivity (Wildman–Crippen MR) is 91.0 cm³/mol. The van der Waals surface area contributed by atoms with Gasteiger partial charge in [0.15, 0.2) is 0 Å². The van der Waals surface area contributed by atoms with Crippen LogP contribution in [0.25, 0.3) is 0 Å². The van der Waals surface area contributed by atoms with Crippen LogP contribution in [0.15, 0.2) is 53.9 Å². The first-order valence-electron chi connectivity index (χ1n) is 8.04. The summed E-state index contributed by atoms with van der Waals surface area (Å²) >= 11 is 0. The summed E-state index contributed by atoms with van der Waals surface area (Å²) in [6.07, 6.45) is 5.65. The molecule has 0 radical (unpaired) electrons. The third-order valence-corrected chi connectivity index (χ3v) is 4.01. The number of unbranched alkanes of at least 4 members (excludes halogenated alkanes) is 1. The maximum Gasteiger partial charge on any atom is 0.355 e. The lowest BCUT2D eigenvalue weighted by atomic mass is 9.87. The highest BCUT2D eigenvalue weighted by molar-refractivity contribution is 6.02. The van der Waals surface area contributed by atoms with Crippen LogP contribution in [0.5, 0.6) is 0 Å². The number of carbonyl (C=O) groups excluding carboxylic acids is 2. The molecule has 1 aliphatic heterocycles. The number of rotatable bonds is 6. The molecule has 0 N–H and O–H groups in total. The third-order valence-electron chi connectivity index (χ3n) is 4.01. The van der Waals surface area contributed by atoms with Crippen LogP contribution in [0.2, 0.25) is 0 Å². The molecule has 1 atom stereocenters. The molecule has 1 aliphatic rings.